The summed E-state index contributed by atoms with van der Waals surface area (Å²) in [5, 5.41) is 22.5. The van der Waals surface area contributed by atoms with Gasteiger partial charge in [-0.2, -0.15) is 0 Å². The largest absolute Gasteiger partial charge is 0.387 e. The van der Waals surface area contributed by atoms with Crippen LogP contribution in [0.5, 0.6) is 0 Å². The standard InChI is InChI=1S/C19H36O2/c1-7-11-13-18(20,14-12-8-2)19(21,10-4)17(9-3)15-16(5)6/h9-10,16-17,20-21H,3-4,7-8,11-15H2,1-2,5-6H3/t17-,19+/m1/s1. The lowest BCUT2D eigenvalue weighted by Gasteiger charge is -2.46. The second-order valence-corrected chi connectivity index (χ2v) is 6.74. The highest BCUT2D eigenvalue weighted by Crippen LogP contribution is 2.41. The van der Waals surface area contributed by atoms with E-state index in [-0.39, 0.29) is 5.92 Å². The van der Waals surface area contributed by atoms with Crippen molar-refractivity contribution in [2.24, 2.45) is 11.8 Å². The maximum Gasteiger partial charge on any atom is 0.117 e. The first-order chi connectivity index (χ1) is 9.81. The molecular weight excluding hydrogens is 260 g/mol. The van der Waals surface area contributed by atoms with Crippen LogP contribution in [0.4, 0.5) is 0 Å². The monoisotopic (exact) mass is 296 g/mol. The number of unbranched alkanes of at least 4 members (excludes halogenated alkanes) is 2. The maximum absolute atomic E-state index is 11.3. The van der Waals surface area contributed by atoms with Gasteiger partial charge >= 0.3 is 0 Å². The molecule has 0 bridgehead atoms. The Kier molecular flexibility index (Phi) is 9.15. The van der Waals surface area contributed by atoms with Gasteiger partial charge in [-0.25, -0.2) is 0 Å². The first-order valence-electron chi connectivity index (χ1n) is 8.52. The van der Waals surface area contributed by atoms with Gasteiger partial charge in [0.2, 0.25) is 0 Å². The Labute approximate surface area is 132 Å². The first-order valence-corrected chi connectivity index (χ1v) is 8.52. The van der Waals surface area contributed by atoms with Gasteiger partial charge in [0.25, 0.3) is 0 Å². The van der Waals surface area contributed by atoms with Crippen molar-refractivity contribution in [1.82, 2.24) is 0 Å². The van der Waals surface area contributed by atoms with E-state index < -0.39 is 11.2 Å². The molecule has 21 heavy (non-hydrogen) atoms. The third-order valence-corrected chi connectivity index (χ3v) is 4.52. The lowest BCUT2D eigenvalue weighted by Crippen LogP contribution is -2.57. The van der Waals surface area contributed by atoms with Crippen LogP contribution in [-0.2, 0) is 0 Å². The first kappa shape index (κ1) is 20.4. The van der Waals surface area contributed by atoms with Crippen LogP contribution in [-0.4, -0.2) is 21.4 Å². The van der Waals surface area contributed by atoms with E-state index in [1.54, 1.807) is 12.2 Å². The van der Waals surface area contributed by atoms with E-state index in [9.17, 15) is 10.2 Å². The van der Waals surface area contributed by atoms with Crippen LogP contribution in [0, 0.1) is 11.8 Å². The molecule has 0 saturated carbocycles. The highest BCUT2D eigenvalue weighted by atomic mass is 16.4. The fourth-order valence-corrected chi connectivity index (χ4v) is 3.11. The molecule has 2 heteroatoms. The molecule has 0 aliphatic carbocycles. The minimum absolute atomic E-state index is 0.172. The third-order valence-electron chi connectivity index (χ3n) is 4.52. The van der Waals surface area contributed by atoms with Crippen molar-refractivity contribution in [3.05, 3.63) is 25.3 Å². The molecule has 2 atom stereocenters. The summed E-state index contributed by atoms with van der Waals surface area (Å²) in [6.45, 7) is 16.2. The molecule has 0 spiro atoms. The van der Waals surface area contributed by atoms with Crippen molar-refractivity contribution < 1.29 is 10.2 Å². The van der Waals surface area contributed by atoms with E-state index in [0.717, 1.165) is 32.1 Å². The summed E-state index contributed by atoms with van der Waals surface area (Å²) in [5.74, 6) is 0.259. The van der Waals surface area contributed by atoms with Gasteiger partial charge in [0.05, 0.1) is 5.60 Å². The third kappa shape index (κ3) is 5.27. The van der Waals surface area contributed by atoms with Crippen LogP contribution < -0.4 is 0 Å². The number of aliphatic hydroxyl groups is 2. The average Bonchev–Trinajstić information content (AvgIpc) is 2.47. The lowest BCUT2D eigenvalue weighted by molar-refractivity contribution is -0.155. The van der Waals surface area contributed by atoms with Gasteiger partial charge in [0.15, 0.2) is 0 Å². The fourth-order valence-electron chi connectivity index (χ4n) is 3.11. The van der Waals surface area contributed by atoms with Gasteiger partial charge in [-0.3, -0.25) is 0 Å². The van der Waals surface area contributed by atoms with Crippen molar-refractivity contribution in [1.29, 1.82) is 0 Å². The Morgan fingerprint density at radius 1 is 1.00 bits per heavy atom. The van der Waals surface area contributed by atoms with Gasteiger partial charge in [-0.15, -0.1) is 13.2 Å². The highest BCUT2D eigenvalue weighted by Gasteiger charge is 2.50. The summed E-state index contributed by atoms with van der Waals surface area (Å²) in [7, 11) is 0. The van der Waals surface area contributed by atoms with Crippen molar-refractivity contribution in [2.45, 2.75) is 83.8 Å². The Morgan fingerprint density at radius 2 is 1.48 bits per heavy atom. The topological polar surface area (TPSA) is 40.5 Å². The minimum atomic E-state index is -1.30. The van der Waals surface area contributed by atoms with Crippen LogP contribution in [0.15, 0.2) is 25.3 Å². The zero-order chi connectivity index (χ0) is 16.5. The van der Waals surface area contributed by atoms with E-state index in [4.69, 9.17) is 0 Å². The molecule has 0 aliphatic heterocycles. The molecule has 124 valence electrons. The fraction of sp³-hybridized carbons (Fsp3) is 0.789. The molecule has 0 fully saturated rings. The number of hydrogen-bond donors (Lipinski definition) is 2. The number of hydrogen-bond acceptors (Lipinski definition) is 2. The summed E-state index contributed by atoms with van der Waals surface area (Å²) < 4.78 is 0. The molecule has 0 aromatic carbocycles. The van der Waals surface area contributed by atoms with Crippen molar-refractivity contribution in [2.75, 3.05) is 0 Å². The molecule has 0 unspecified atom stereocenters. The molecule has 0 aromatic rings. The zero-order valence-electron chi connectivity index (χ0n) is 14.6. The smallest absolute Gasteiger partial charge is 0.117 e. The minimum Gasteiger partial charge on any atom is -0.387 e. The predicted molar refractivity (Wildman–Crippen MR) is 92.3 cm³/mol. The normalized spacial score (nSPS) is 16.5. The SMILES string of the molecule is C=C[C@H](CC(C)C)[C@@](O)(C=C)C(O)(CCCC)CCCC. The van der Waals surface area contributed by atoms with Gasteiger partial charge in [0, 0.05) is 5.92 Å². The van der Waals surface area contributed by atoms with Crippen molar-refractivity contribution in [3.63, 3.8) is 0 Å². The molecular formula is C19H36O2. The number of rotatable bonds is 12. The van der Waals surface area contributed by atoms with Crippen LogP contribution in [0.25, 0.3) is 0 Å². The molecule has 0 saturated heterocycles. The Morgan fingerprint density at radius 3 is 1.76 bits per heavy atom. The van der Waals surface area contributed by atoms with E-state index in [1.807, 2.05) is 0 Å². The maximum atomic E-state index is 11.3. The van der Waals surface area contributed by atoms with E-state index in [2.05, 4.69) is 40.9 Å². The van der Waals surface area contributed by atoms with Crippen molar-refractivity contribution in [3.8, 4) is 0 Å². The van der Waals surface area contributed by atoms with Crippen LogP contribution in [0.1, 0.15) is 72.6 Å². The second-order valence-electron chi connectivity index (χ2n) is 6.74. The quantitative estimate of drug-likeness (QED) is 0.505. The van der Waals surface area contributed by atoms with Crippen molar-refractivity contribution >= 4 is 0 Å². The van der Waals surface area contributed by atoms with E-state index >= 15 is 0 Å². The van der Waals surface area contributed by atoms with Gasteiger partial charge in [-0.1, -0.05) is 65.5 Å². The Bertz CT molecular complexity index is 301. The summed E-state index contributed by atoms with van der Waals surface area (Å²) in [5.41, 5.74) is -2.42. The Balaban J connectivity index is 5.49. The summed E-state index contributed by atoms with van der Waals surface area (Å²) in [6, 6.07) is 0. The van der Waals surface area contributed by atoms with Gasteiger partial charge in [0.1, 0.15) is 5.60 Å². The zero-order valence-corrected chi connectivity index (χ0v) is 14.6. The van der Waals surface area contributed by atoms with Crippen LogP contribution >= 0.6 is 0 Å². The highest BCUT2D eigenvalue weighted by molar-refractivity contribution is 5.16. The van der Waals surface area contributed by atoms with E-state index in [1.165, 1.54) is 0 Å². The van der Waals surface area contributed by atoms with E-state index in [0.29, 0.717) is 18.8 Å². The molecule has 2 nitrogen and oxygen atoms in total. The predicted octanol–water partition coefficient (Wildman–Crippen LogP) is 4.86. The lowest BCUT2D eigenvalue weighted by atomic mass is 9.67. The molecule has 0 radical (unpaired) electrons. The molecule has 0 aliphatic rings. The summed E-state index contributed by atoms with van der Waals surface area (Å²) >= 11 is 0. The molecule has 2 N–H and O–H groups in total. The van der Waals surface area contributed by atoms with Gasteiger partial charge in [-0.05, 0) is 25.2 Å². The average molecular weight is 296 g/mol. The summed E-state index contributed by atoms with van der Waals surface area (Å²) in [6.07, 6.45) is 9.16. The van der Waals surface area contributed by atoms with Crippen LogP contribution in [0.3, 0.4) is 0 Å². The molecule has 0 amide bonds. The molecule has 0 aromatic heterocycles. The van der Waals surface area contributed by atoms with Gasteiger partial charge < -0.3 is 10.2 Å². The van der Waals surface area contributed by atoms with Crippen LogP contribution in [0.2, 0.25) is 0 Å². The second kappa shape index (κ2) is 9.42. The molecule has 0 rings (SSSR count). The Hall–Kier alpha value is -0.600. The summed E-state index contributed by atoms with van der Waals surface area (Å²) in [4.78, 5) is 0. The molecule has 0 heterocycles.